The van der Waals surface area contributed by atoms with Crippen LogP contribution < -0.4 is 5.32 Å². The van der Waals surface area contributed by atoms with Crippen molar-refractivity contribution in [3.63, 3.8) is 0 Å². The Labute approximate surface area is 159 Å². The second-order valence-electron chi connectivity index (χ2n) is 7.68. The van der Waals surface area contributed by atoms with Gasteiger partial charge in [-0.3, -0.25) is 9.59 Å². The lowest BCUT2D eigenvalue weighted by atomic mass is 9.93. The lowest BCUT2D eigenvalue weighted by Gasteiger charge is -2.32. The number of anilines is 1. The number of rotatable bonds is 3. The third-order valence-electron chi connectivity index (χ3n) is 4.45. The molecular formula is C21H24N4O2. The van der Waals surface area contributed by atoms with Crippen LogP contribution in [0.3, 0.4) is 0 Å². The first-order valence-corrected chi connectivity index (χ1v) is 8.94. The molecule has 6 nitrogen and oxygen atoms in total. The molecule has 0 saturated heterocycles. The van der Waals surface area contributed by atoms with E-state index in [4.69, 9.17) is 0 Å². The maximum Gasteiger partial charge on any atom is 0.226 e. The summed E-state index contributed by atoms with van der Waals surface area (Å²) in [5, 5.41) is 2.83. The summed E-state index contributed by atoms with van der Waals surface area (Å²) in [4.78, 5) is 34.9. The van der Waals surface area contributed by atoms with Gasteiger partial charge in [0.2, 0.25) is 11.8 Å². The fraction of sp³-hybridized carbons (Fsp3) is 0.333. The summed E-state index contributed by atoms with van der Waals surface area (Å²) in [5.74, 6) is 0.425. The SMILES string of the molecule is CC(=O)N1C=Cc2ccccc2C1CC(=O)Nc1cnc(C(C)(C)C)nc1. The van der Waals surface area contributed by atoms with Crippen molar-refractivity contribution in [2.24, 2.45) is 0 Å². The number of aromatic nitrogens is 2. The van der Waals surface area contributed by atoms with Gasteiger partial charge in [-0.1, -0.05) is 45.0 Å². The molecule has 0 saturated carbocycles. The molecule has 1 N–H and O–H groups in total. The van der Waals surface area contributed by atoms with Crippen LogP contribution in [0.25, 0.3) is 6.08 Å². The van der Waals surface area contributed by atoms with Crippen molar-refractivity contribution < 1.29 is 9.59 Å². The molecule has 3 rings (SSSR count). The van der Waals surface area contributed by atoms with Crippen molar-refractivity contribution in [2.45, 2.75) is 45.6 Å². The molecule has 1 aromatic carbocycles. The van der Waals surface area contributed by atoms with Crippen molar-refractivity contribution in [1.82, 2.24) is 14.9 Å². The minimum absolute atomic E-state index is 0.101. The van der Waals surface area contributed by atoms with Gasteiger partial charge < -0.3 is 10.2 Å². The molecule has 0 spiro atoms. The minimum atomic E-state index is -0.335. The van der Waals surface area contributed by atoms with Crippen LogP contribution in [0, 0.1) is 0 Å². The van der Waals surface area contributed by atoms with Crippen molar-refractivity contribution >= 4 is 23.6 Å². The third kappa shape index (κ3) is 4.22. The van der Waals surface area contributed by atoms with Gasteiger partial charge in [-0.05, 0) is 17.2 Å². The van der Waals surface area contributed by atoms with Crippen LogP contribution in [-0.2, 0) is 15.0 Å². The number of hydrogen-bond donors (Lipinski definition) is 1. The molecule has 1 aliphatic heterocycles. The molecular weight excluding hydrogens is 340 g/mol. The zero-order valence-corrected chi connectivity index (χ0v) is 16.1. The summed E-state index contributed by atoms with van der Waals surface area (Å²) in [6.07, 6.45) is 7.02. The van der Waals surface area contributed by atoms with E-state index in [9.17, 15) is 9.59 Å². The number of carbonyl (C=O) groups is 2. The first kappa shape index (κ1) is 18.8. The Morgan fingerprint density at radius 2 is 1.81 bits per heavy atom. The lowest BCUT2D eigenvalue weighted by Crippen LogP contribution is -2.33. The van der Waals surface area contributed by atoms with Gasteiger partial charge in [0.15, 0.2) is 0 Å². The zero-order valence-electron chi connectivity index (χ0n) is 16.1. The Hall–Kier alpha value is -3.02. The van der Waals surface area contributed by atoms with Gasteiger partial charge in [0, 0.05) is 18.5 Å². The smallest absolute Gasteiger partial charge is 0.226 e. The Morgan fingerprint density at radius 3 is 2.44 bits per heavy atom. The number of nitrogens with one attached hydrogen (secondary N) is 1. The summed E-state index contributed by atoms with van der Waals surface area (Å²) >= 11 is 0. The standard InChI is InChI=1S/C21H24N4O2/c1-14(26)25-10-9-15-7-5-6-8-17(15)18(25)11-19(27)24-16-12-22-20(23-13-16)21(2,3)4/h5-10,12-13,18H,11H2,1-4H3,(H,24,27). The highest BCUT2D eigenvalue weighted by Gasteiger charge is 2.28. The summed E-state index contributed by atoms with van der Waals surface area (Å²) < 4.78 is 0. The Kier molecular flexibility index (Phi) is 5.08. The van der Waals surface area contributed by atoms with E-state index in [2.05, 4.69) is 15.3 Å². The van der Waals surface area contributed by atoms with Crippen LogP contribution in [0.2, 0.25) is 0 Å². The van der Waals surface area contributed by atoms with Crippen molar-refractivity contribution in [1.29, 1.82) is 0 Å². The van der Waals surface area contributed by atoms with Crippen LogP contribution >= 0.6 is 0 Å². The Bertz CT molecular complexity index is 882. The number of carbonyl (C=O) groups excluding carboxylic acids is 2. The van der Waals surface area contributed by atoms with E-state index in [-0.39, 0.29) is 29.7 Å². The topological polar surface area (TPSA) is 75.2 Å². The molecule has 140 valence electrons. The molecule has 0 bridgehead atoms. The maximum atomic E-state index is 12.6. The molecule has 1 unspecified atom stereocenters. The highest BCUT2D eigenvalue weighted by Crippen LogP contribution is 2.33. The first-order chi connectivity index (χ1) is 12.8. The summed E-state index contributed by atoms with van der Waals surface area (Å²) in [7, 11) is 0. The highest BCUT2D eigenvalue weighted by molar-refractivity contribution is 5.91. The molecule has 1 atom stereocenters. The van der Waals surface area contributed by atoms with Crippen LogP contribution in [0.15, 0.2) is 42.9 Å². The zero-order chi connectivity index (χ0) is 19.6. The molecule has 0 aliphatic carbocycles. The summed E-state index contributed by atoms with van der Waals surface area (Å²) in [5.41, 5.74) is 2.38. The molecule has 2 aromatic rings. The molecule has 0 fully saturated rings. The monoisotopic (exact) mass is 364 g/mol. The maximum absolute atomic E-state index is 12.6. The van der Waals surface area contributed by atoms with Gasteiger partial charge in [-0.25, -0.2) is 9.97 Å². The predicted octanol–water partition coefficient (Wildman–Crippen LogP) is 3.68. The average Bonchev–Trinajstić information content (AvgIpc) is 2.61. The summed E-state index contributed by atoms with van der Waals surface area (Å²) in [6.45, 7) is 7.60. The van der Waals surface area contributed by atoms with Gasteiger partial charge in [0.05, 0.1) is 30.5 Å². The van der Waals surface area contributed by atoms with Crippen molar-refractivity contribution in [3.05, 3.63) is 59.8 Å². The van der Waals surface area contributed by atoms with E-state index < -0.39 is 0 Å². The highest BCUT2D eigenvalue weighted by atomic mass is 16.2. The second kappa shape index (κ2) is 7.31. The molecule has 6 heteroatoms. The Balaban J connectivity index is 1.76. The third-order valence-corrected chi connectivity index (χ3v) is 4.45. The first-order valence-electron chi connectivity index (χ1n) is 8.94. The molecule has 0 radical (unpaired) electrons. The lowest BCUT2D eigenvalue weighted by molar-refractivity contribution is -0.129. The van der Waals surface area contributed by atoms with E-state index in [1.54, 1.807) is 23.5 Å². The van der Waals surface area contributed by atoms with Gasteiger partial charge in [-0.2, -0.15) is 0 Å². The summed E-state index contributed by atoms with van der Waals surface area (Å²) in [6, 6.07) is 7.46. The van der Waals surface area contributed by atoms with Crippen LogP contribution in [-0.4, -0.2) is 26.7 Å². The van der Waals surface area contributed by atoms with E-state index >= 15 is 0 Å². The molecule has 2 heterocycles. The van der Waals surface area contributed by atoms with Crippen molar-refractivity contribution in [3.8, 4) is 0 Å². The second-order valence-corrected chi connectivity index (χ2v) is 7.68. The van der Waals surface area contributed by atoms with Gasteiger partial charge in [0.1, 0.15) is 5.82 Å². The molecule has 1 aliphatic rings. The van der Waals surface area contributed by atoms with Crippen LogP contribution in [0.5, 0.6) is 0 Å². The van der Waals surface area contributed by atoms with Crippen molar-refractivity contribution in [2.75, 3.05) is 5.32 Å². The number of benzene rings is 1. The van der Waals surface area contributed by atoms with E-state index in [0.29, 0.717) is 5.69 Å². The largest absolute Gasteiger partial charge is 0.323 e. The van der Waals surface area contributed by atoms with Gasteiger partial charge in [0.25, 0.3) is 0 Å². The van der Waals surface area contributed by atoms with E-state index in [1.165, 1.54) is 6.92 Å². The number of hydrogen-bond acceptors (Lipinski definition) is 4. The fourth-order valence-corrected chi connectivity index (χ4v) is 3.08. The van der Waals surface area contributed by atoms with Gasteiger partial charge >= 0.3 is 0 Å². The van der Waals surface area contributed by atoms with Gasteiger partial charge in [-0.15, -0.1) is 0 Å². The molecule has 1 aromatic heterocycles. The van der Waals surface area contributed by atoms with Crippen LogP contribution in [0.1, 0.15) is 57.1 Å². The number of nitrogens with zero attached hydrogens (tertiary/aromatic N) is 3. The average molecular weight is 364 g/mol. The normalized spacial score (nSPS) is 16.0. The number of amides is 2. The molecule has 27 heavy (non-hydrogen) atoms. The number of fused-ring (bicyclic) bond motifs is 1. The van der Waals surface area contributed by atoms with Crippen LogP contribution in [0.4, 0.5) is 5.69 Å². The Morgan fingerprint density at radius 1 is 1.15 bits per heavy atom. The predicted molar refractivity (Wildman–Crippen MR) is 105 cm³/mol. The van der Waals surface area contributed by atoms with E-state index in [0.717, 1.165) is 17.0 Å². The minimum Gasteiger partial charge on any atom is -0.323 e. The quantitative estimate of drug-likeness (QED) is 0.901. The molecule has 2 amide bonds. The fourth-order valence-electron chi connectivity index (χ4n) is 3.08. The van der Waals surface area contributed by atoms with E-state index in [1.807, 2.05) is 51.1 Å².